The van der Waals surface area contributed by atoms with Gasteiger partial charge < -0.3 is 15.4 Å². The fourth-order valence-corrected chi connectivity index (χ4v) is 2.33. The van der Waals surface area contributed by atoms with Crippen molar-refractivity contribution in [3.05, 3.63) is 16.6 Å². The minimum Gasteiger partial charge on any atom is -0.378 e. The van der Waals surface area contributed by atoms with E-state index in [-0.39, 0.29) is 11.9 Å². The highest BCUT2D eigenvalue weighted by Crippen LogP contribution is 2.01. The summed E-state index contributed by atoms with van der Waals surface area (Å²) < 4.78 is 5.30. The van der Waals surface area contributed by atoms with Gasteiger partial charge in [-0.25, -0.2) is 4.98 Å². The minimum atomic E-state index is 0.0724. The molecule has 1 aliphatic heterocycles. The van der Waals surface area contributed by atoms with E-state index in [1.807, 2.05) is 5.38 Å². The Balaban J connectivity index is 1.60. The lowest BCUT2D eigenvalue weighted by Gasteiger charge is -2.23. The molecule has 2 heterocycles. The van der Waals surface area contributed by atoms with Crippen LogP contribution in [0, 0.1) is 0 Å². The third-order valence-corrected chi connectivity index (χ3v) is 3.25. The quantitative estimate of drug-likeness (QED) is 0.788. The highest BCUT2D eigenvalue weighted by Gasteiger charge is 2.16. The Kier molecular flexibility index (Phi) is 4.90. The van der Waals surface area contributed by atoms with E-state index in [0.717, 1.165) is 25.3 Å². The summed E-state index contributed by atoms with van der Waals surface area (Å²) in [5, 5.41) is 8.16. The van der Waals surface area contributed by atoms with Crippen molar-refractivity contribution in [3.63, 3.8) is 0 Å². The summed E-state index contributed by atoms with van der Waals surface area (Å²) in [5.41, 5.74) is 2.84. The summed E-state index contributed by atoms with van der Waals surface area (Å²) in [6.07, 6.45) is 1.28. The molecule has 0 aliphatic carbocycles. The molecule has 0 bridgehead atoms. The van der Waals surface area contributed by atoms with Crippen molar-refractivity contribution in [2.45, 2.75) is 18.9 Å². The van der Waals surface area contributed by atoms with E-state index < -0.39 is 0 Å². The van der Waals surface area contributed by atoms with Gasteiger partial charge in [-0.2, -0.15) is 0 Å². The SMILES string of the molecule is O=C(CC1COCCN1)NCCc1cscn1. The Morgan fingerprint density at radius 3 is 3.35 bits per heavy atom. The zero-order chi connectivity index (χ0) is 11.9. The van der Waals surface area contributed by atoms with Crippen LogP contribution in [0.2, 0.25) is 0 Å². The highest BCUT2D eigenvalue weighted by atomic mass is 32.1. The summed E-state index contributed by atoms with van der Waals surface area (Å²) in [6, 6.07) is 0.156. The Bertz CT molecular complexity index is 336. The van der Waals surface area contributed by atoms with Crippen LogP contribution in [0.25, 0.3) is 0 Å². The number of carbonyl (C=O) groups is 1. The largest absolute Gasteiger partial charge is 0.378 e. The maximum atomic E-state index is 11.6. The average Bonchev–Trinajstić information content (AvgIpc) is 2.83. The molecule has 6 heteroatoms. The van der Waals surface area contributed by atoms with Gasteiger partial charge in [0.2, 0.25) is 5.91 Å². The Labute approximate surface area is 105 Å². The summed E-state index contributed by atoms with van der Waals surface area (Å²) in [6.45, 7) is 2.84. The molecule has 1 aliphatic rings. The summed E-state index contributed by atoms with van der Waals surface area (Å²) in [7, 11) is 0. The van der Waals surface area contributed by atoms with Gasteiger partial charge in [-0.1, -0.05) is 0 Å². The number of rotatable bonds is 5. The van der Waals surface area contributed by atoms with E-state index in [4.69, 9.17) is 4.74 Å². The number of aromatic nitrogens is 1. The van der Waals surface area contributed by atoms with Crippen LogP contribution in [0.15, 0.2) is 10.9 Å². The number of hydrogen-bond donors (Lipinski definition) is 2. The summed E-state index contributed by atoms with van der Waals surface area (Å²) in [5.74, 6) is 0.0724. The number of amides is 1. The van der Waals surface area contributed by atoms with Crippen molar-refractivity contribution in [1.29, 1.82) is 0 Å². The first-order valence-corrected chi connectivity index (χ1v) is 6.74. The normalized spacial score (nSPS) is 20.1. The predicted molar refractivity (Wildman–Crippen MR) is 66.1 cm³/mol. The van der Waals surface area contributed by atoms with E-state index in [0.29, 0.717) is 19.6 Å². The van der Waals surface area contributed by atoms with Crippen LogP contribution in [0.1, 0.15) is 12.1 Å². The van der Waals surface area contributed by atoms with Gasteiger partial charge in [0, 0.05) is 37.4 Å². The topological polar surface area (TPSA) is 63.2 Å². The molecule has 1 atom stereocenters. The molecule has 0 spiro atoms. The molecule has 1 amide bonds. The number of thiazole rings is 1. The Morgan fingerprint density at radius 1 is 1.71 bits per heavy atom. The number of ether oxygens (including phenoxy) is 1. The fraction of sp³-hybridized carbons (Fsp3) is 0.636. The number of nitrogens with zero attached hydrogens (tertiary/aromatic N) is 1. The lowest BCUT2D eigenvalue weighted by atomic mass is 10.2. The van der Waals surface area contributed by atoms with Gasteiger partial charge in [0.1, 0.15) is 0 Å². The zero-order valence-corrected chi connectivity index (χ0v) is 10.5. The number of carbonyl (C=O) groups excluding carboxylic acids is 1. The van der Waals surface area contributed by atoms with Crippen LogP contribution in [0.4, 0.5) is 0 Å². The van der Waals surface area contributed by atoms with Crippen molar-refractivity contribution < 1.29 is 9.53 Å². The number of hydrogen-bond acceptors (Lipinski definition) is 5. The minimum absolute atomic E-state index is 0.0724. The van der Waals surface area contributed by atoms with Gasteiger partial charge in [-0.15, -0.1) is 11.3 Å². The van der Waals surface area contributed by atoms with Crippen LogP contribution in [-0.4, -0.2) is 43.2 Å². The molecule has 94 valence electrons. The average molecular weight is 255 g/mol. The Hall–Kier alpha value is -0.980. The van der Waals surface area contributed by atoms with E-state index in [1.54, 1.807) is 16.8 Å². The molecule has 0 radical (unpaired) electrons. The Morgan fingerprint density at radius 2 is 2.65 bits per heavy atom. The van der Waals surface area contributed by atoms with Crippen molar-refractivity contribution >= 4 is 17.2 Å². The maximum absolute atomic E-state index is 11.6. The number of morpholine rings is 1. The molecule has 1 saturated heterocycles. The van der Waals surface area contributed by atoms with Crippen LogP contribution in [0.3, 0.4) is 0 Å². The molecule has 2 N–H and O–H groups in total. The molecule has 0 saturated carbocycles. The lowest BCUT2D eigenvalue weighted by molar-refractivity contribution is -0.122. The first-order valence-electron chi connectivity index (χ1n) is 5.79. The van der Waals surface area contributed by atoms with Gasteiger partial charge in [0.05, 0.1) is 24.4 Å². The van der Waals surface area contributed by atoms with Gasteiger partial charge in [-0.05, 0) is 0 Å². The van der Waals surface area contributed by atoms with E-state index >= 15 is 0 Å². The first kappa shape index (κ1) is 12.5. The van der Waals surface area contributed by atoms with E-state index in [9.17, 15) is 4.79 Å². The first-order chi connectivity index (χ1) is 8.34. The summed E-state index contributed by atoms with van der Waals surface area (Å²) in [4.78, 5) is 15.8. The molecule has 5 nitrogen and oxygen atoms in total. The molecule has 2 rings (SSSR count). The maximum Gasteiger partial charge on any atom is 0.221 e. The van der Waals surface area contributed by atoms with Crippen LogP contribution in [0.5, 0.6) is 0 Å². The molecule has 0 aromatic carbocycles. The predicted octanol–water partition coefficient (Wildman–Crippen LogP) is 0.180. The molecule has 17 heavy (non-hydrogen) atoms. The highest BCUT2D eigenvalue weighted by molar-refractivity contribution is 7.07. The van der Waals surface area contributed by atoms with Gasteiger partial charge >= 0.3 is 0 Å². The third-order valence-electron chi connectivity index (χ3n) is 2.62. The molecular formula is C11H17N3O2S. The monoisotopic (exact) mass is 255 g/mol. The molecule has 1 aromatic heterocycles. The van der Waals surface area contributed by atoms with E-state index in [2.05, 4.69) is 15.6 Å². The third kappa shape index (κ3) is 4.41. The molecule has 1 fully saturated rings. The summed E-state index contributed by atoms with van der Waals surface area (Å²) >= 11 is 1.58. The van der Waals surface area contributed by atoms with Crippen molar-refractivity contribution in [2.75, 3.05) is 26.3 Å². The molecule has 1 unspecified atom stereocenters. The van der Waals surface area contributed by atoms with E-state index in [1.165, 1.54) is 0 Å². The van der Waals surface area contributed by atoms with Crippen molar-refractivity contribution in [2.24, 2.45) is 0 Å². The van der Waals surface area contributed by atoms with Crippen molar-refractivity contribution in [3.8, 4) is 0 Å². The van der Waals surface area contributed by atoms with Crippen LogP contribution >= 0.6 is 11.3 Å². The second kappa shape index (κ2) is 6.68. The van der Waals surface area contributed by atoms with Gasteiger partial charge in [-0.3, -0.25) is 4.79 Å². The van der Waals surface area contributed by atoms with Crippen molar-refractivity contribution in [1.82, 2.24) is 15.6 Å². The molecule has 1 aromatic rings. The second-order valence-corrected chi connectivity index (χ2v) is 4.73. The van der Waals surface area contributed by atoms with Gasteiger partial charge in [0.25, 0.3) is 0 Å². The van der Waals surface area contributed by atoms with Crippen LogP contribution < -0.4 is 10.6 Å². The van der Waals surface area contributed by atoms with Crippen LogP contribution in [-0.2, 0) is 16.0 Å². The second-order valence-electron chi connectivity index (χ2n) is 4.01. The lowest BCUT2D eigenvalue weighted by Crippen LogP contribution is -2.44. The smallest absolute Gasteiger partial charge is 0.221 e. The zero-order valence-electron chi connectivity index (χ0n) is 9.65. The molecular weight excluding hydrogens is 238 g/mol. The van der Waals surface area contributed by atoms with Gasteiger partial charge in [0.15, 0.2) is 0 Å². The standard InChI is InChI=1S/C11H17N3O2S/c15-11(5-10-6-16-4-3-12-10)13-2-1-9-7-17-8-14-9/h7-8,10,12H,1-6H2,(H,13,15). The number of nitrogens with one attached hydrogen (secondary N) is 2. The fourth-order valence-electron chi connectivity index (χ4n) is 1.74.